The zero-order valence-corrected chi connectivity index (χ0v) is 18.4. The first kappa shape index (κ1) is 20.4. The molecule has 1 aromatic heterocycles. The van der Waals surface area contributed by atoms with Crippen molar-refractivity contribution in [3.63, 3.8) is 0 Å². The summed E-state index contributed by atoms with van der Waals surface area (Å²) in [5.41, 5.74) is 3.88. The minimum Gasteiger partial charge on any atom is -0.361 e. The van der Waals surface area contributed by atoms with Crippen LogP contribution >= 0.6 is 11.6 Å². The molecular weight excluding hydrogens is 408 g/mol. The van der Waals surface area contributed by atoms with Gasteiger partial charge in [0.2, 0.25) is 0 Å². The standard InChI is InChI=1S/C25H29ClN4O/c26-22-6-1-2-7-24(22)29-25(31)28-18-9-11-23-20(15-18)21(16-27-23)17-8-10-19-5-3-4-13-30(19)14-12-17/h1-2,6-7,9,11,15-17,19,27H,3-5,8,10,12-14H2,(H2,28,29,31). The van der Waals surface area contributed by atoms with Gasteiger partial charge in [-0.15, -0.1) is 0 Å². The van der Waals surface area contributed by atoms with E-state index in [1.165, 1.54) is 62.6 Å². The first-order valence-corrected chi connectivity index (χ1v) is 11.7. The molecule has 2 atom stereocenters. The van der Waals surface area contributed by atoms with E-state index >= 15 is 0 Å². The van der Waals surface area contributed by atoms with E-state index in [1.54, 1.807) is 12.1 Å². The predicted octanol–water partition coefficient (Wildman–Crippen LogP) is 6.59. The van der Waals surface area contributed by atoms with E-state index in [0.717, 1.165) is 17.2 Å². The lowest BCUT2D eigenvalue weighted by Gasteiger charge is -2.33. The zero-order valence-electron chi connectivity index (χ0n) is 17.7. The summed E-state index contributed by atoms with van der Waals surface area (Å²) in [6.45, 7) is 2.46. The molecule has 3 N–H and O–H groups in total. The van der Waals surface area contributed by atoms with Crippen LogP contribution in [0.1, 0.15) is 50.0 Å². The number of carbonyl (C=O) groups is 1. The maximum Gasteiger partial charge on any atom is 0.323 e. The van der Waals surface area contributed by atoms with E-state index in [1.807, 2.05) is 24.3 Å². The summed E-state index contributed by atoms with van der Waals surface area (Å²) in [7, 11) is 0. The number of piperidine rings is 1. The van der Waals surface area contributed by atoms with Crippen LogP contribution in [0.4, 0.5) is 16.2 Å². The van der Waals surface area contributed by atoms with Crippen LogP contribution in [0.3, 0.4) is 0 Å². The largest absolute Gasteiger partial charge is 0.361 e. The molecule has 0 aliphatic carbocycles. The topological polar surface area (TPSA) is 60.2 Å². The number of hydrogen-bond acceptors (Lipinski definition) is 2. The molecule has 5 rings (SSSR count). The van der Waals surface area contributed by atoms with E-state index in [9.17, 15) is 4.79 Å². The highest BCUT2D eigenvalue weighted by atomic mass is 35.5. The average molecular weight is 437 g/mol. The Morgan fingerprint density at radius 2 is 1.90 bits per heavy atom. The van der Waals surface area contributed by atoms with Crippen LogP contribution in [0.25, 0.3) is 10.9 Å². The van der Waals surface area contributed by atoms with Gasteiger partial charge in [0, 0.05) is 28.8 Å². The lowest BCUT2D eigenvalue weighted by Crippen LogP contribution is -2.38. The summed E-state index contributed by atoms with van der Waals surface area (Å²) in [6.07, 6.45) is 9.98. The highest BCUT2D eigenvalue weighted by molar-refractivity contribution is 6.33. The fourth-order valence-electron chi connectivity index (χ4n) is 5.26. The average Bonchev–Trinajstić information content (AvgIpc) is 3.07. The van der Waals surface area contributed by atoms with E-state index in [0.29, 0.717) is 16.6 Å². The predicted molar refractivity (Wildman–Crippen MR) is 128 cm³/mol. The zero-order chi connectivity index (χ0) is 21.2. The van der Waals surface area contributed by atoms with Gasteiger partial charge in [-0.1, -0.05) is 30.2 Å². The first-order valence-electron chi connectivity index (χ1n) is 11.3. The second-order valence-corrected chi connectivity index (χ2v) is 9.22. The van der Waals surface area contributed by atoms with Gasteiger partial charge in [-0.3, -0.25) is 0 Å². The Hall–Kier alpha value is -2.50. The van der Waals surface area contributed by atoms with Crippen molar-refractivity contribution in [2.45, 2.75) is 50.5 Å². The van der Waals surface area contributed by atoms with Gasteiger partial charge in [0.1, 0.15) is 0 Å². The molecule has 0 spiro atoms. The van der Waals surface area contributed by atoms with Gasteiger partial charge in [0.05, 0.1) is 10.7 Å². The van der Waals surface area contributed by atoms with Crippen molar-refractivity contribution in [2.75, 3.05) is 23.7 Å². The van der Waals surface area contributed by atoms with Crippen molar-refractivity contribution in [1.29, 1.82) is 0 Å². The number of aromatic amines is 1. The third-order valence-electron chi connectivity index (χ3n) is 6.90. The molecule has 3 aromatic rings. The number of rotatable bonds is 3. The number of fused-ring (bicyclic) bond motifs is 2. The first-order chi connectivity index (χ1) is 15.2. The molecule has 162 valence electrons. The Balaban J connectivity index is 1.32. The third kappa shape index (κ3) is 4.43. The fraction of sp³-hybridized carbons (Fsp3) is 0.400. The number of nitrogens with zero attached hydrogens (tertiary/aromatic N) is 1. The number of aromatic nitrogens is 1. The van der Waals surface area contributed by atoms with Crippen LogP contribution in [0.5, 0.6) is 0 Å². The highest BCUT2D eigenvalue weighted by Crippen LogP contribution is 2.37. The quantitative estimate of drug-likeness (QED) is 0.433. The Labute approximate surface area is 188 Å². The molecule has 6 heteroatoms. The van der Waals surface area contributed by atoms with E-state index in [2.05, 4.69) is 32.8 Å². The van der Waals surface area contributed by atoms with Crippen LogP contribution < -0.4 is 10.6 Å². The van der Waals surface area contributed by atoms with Crippen molar-refractivity contribution in [3.05, 3.63) is 59.2 Å². The second-order valence-electron chi connectivity index (χ2n) is 8.81. The maximum atomic E-state index is 12.5. The second kappa shape index (κ2) is 8.93. The summed E-state index contributed by atoms with van der Waals surface area (Å²) < 4.78 is 0. The summed E-state index contributed by atoms with van der Waals surface area (Å²) in [6, 6.07) is 13.8. The van der Waals surface area contributed by atoms with Crippen molar-refractivity contribution < 1.29 is 4.79 Å². The number of amides is 2. The van der Waals surface area contributed by atoms with Crippen LogP contribution in [0, 0.1) is 0 Å². The Kier molecular flexibility index (Phi) is 5.88. The van der Waals surface area contributed by atoms with E-state index in [4.69, 9.17) is 11.6 Å². The van der Waals surface area contributed by atoms with Crippen molar-refractivity contribution in [1.82, 2.24) is 9.88 Å². The molecule has 31 heavy (non-hydrogen) atoms. The number of para-hydroxylation sites is 1. The van der Waals surface area contributed by atoms with Gasteiger partial charge in [-0.25, -0.2) is 4.79 Å². The normalized spacial score (nSPS) is 22.0. The van der Waals surface area contributed by atoms with Crippen LogP contribution in [-0.4, -0.2) is 35.0 Å². The summed E-state index contributed by atoms with van der Waals surface area (Å²) in [5, 5.41) is 7.50. The minimum atomic E-state index is -0.295. The van der Waals surface area contributed by atoms with Crippen molar-refractivity contribution in [2.24, 2.45) is 0 Å². The number of benzene rings is 2. The number of anilines is 2. The smallest absolute Gasteiger partial charge is 0.323 e. The monoisotopic (exact) mass is 436 g/mol. The van der Waals surface area contributed by atoms with Gasteiger partial charge < -0.3 is 20.5 Å². The third-order valence-corrected chi connectivity index (χ3v) is 7.23. The van der Waals surface area contributed by atoms with Crippen LogP contribution in [0.15, 0.2) is 48.7 Å². The van der Waals surface area contributed by atoms with Crippen molar-refractivity contribution in [3.8, 4) is 0 Å². The fourth-order valence-corrected chi connectivity index (χ4v) is 5.44. The van der Waals surface area contributed by atoms with Gasteiger partial charge in [0.15, 0.2) is 0 Å². The number of nitrogens with one attached hydrogen (secondary N) is 3. The van der Waals surface area contributed by atoms with E-state index in [-0.39, 0.29) is 6.03 Å². The number of halogens is 1. The van der Waals surface area contributed by atoms with Gasteiger partial charge in [-0.05, 0) is 87.0 Å². The Bertz CT molecular complexity index is 1060. The molecule has 2 aliphatic rings. The van der Waals surface area contributed by atoms with Crippen LogP contribution in [0.2, 0.25) is 5.02 Å². The number of carbonyl (C=O) groups excluding carboxylic acids is 1. The minimum absolute atomic E-state index is 0.295. The maximum absolute atomic E-state index is 12.5. The Morgan fingerprint density at radius 3 is 2.81 bits per heavy atom. The lowest BCUT2D eigenvalue weighted by molar-refractivity contribution is 0.151. The van der Waals surface area contributed by atoms with Gasteiger partial charge in [-0.2, -0.15) is 0 Å². The Morgan fingerprint density at radius 1 is 1.00 bits per heavy atom. The molecule has 0 radical (unpaired) electrons. The molecule has 5 nitrogen and oxygen atoms in total. The number of urea groups is 1. The van der Waals surface area contributed by atoms with Crippen LogP contribution in [-0.2, 0) is 0 Å². The number of hydrogen-bond donors (Lipinski definition) is 3. The molecule has 3 heterocycles. The molecule has 2 unspecified atom stereocenters. The molecule has 2 aliphatic heterocycles. The molecule has 0 saturated carbocycles. The molecule has 0 bridgehead atoms. The van der Waals surface area contributed by atoms with Gasteiger partial charge >= 0.3 is 6.03 Å². The summed E-state index contributed by atoms with van der Waals surface area (Å²) in [4.78, 5) is 18.6. The number of H-pyrrole nitrogens is 1. The summed E-state index contributed by atoms with van der Waals surface area (Å²) >= 11 is 6.15. The van der Waals surface area contributed by atoms with Crippen molar-refractivity contribution >= 4 is 39.9 Å². The summed E-state index contributed by atoms with van der Waals surface area (Å²) in [5.74, 6) is 0.562. The highest BCUT2D eigenvalue weighted by Gasteiger charge is 2.28. The molecular formula is C25H29ClN4O. The SMILES string of the molecule is O=C(Nc1ccc2[nH]cc(C3CCC4CCCCN4CC3)c2c1)Nc1ccccc1Cl. The molecule has 2 saturated heterocycles. The van der Waals surface area contributed by atoms with Gasteiger partial charge in [0.25, 0.3) is 0 Å². The molecule has 2 amide bonds. The lowest BCUT2D eigenvalue weighted by atomic mass is 9.90. The van der Waals surface area contributed by atoms with E-state index < -0.39 is 0 Å². The molecule has 2 fully saturated rings. The molecule has 2 aromatic carbocycles.